The lowest BCUT2D eigenvalue weighted by Crippen LogP contribution is -2.39. The van der Waals surface area contributed by atoms with Crippen LogP contribution in [0.4, 0.5) is 0 Å². The number of hydrogen-bond donors (Lipinski definition) is 0. The zero-order chi connectivity index (χ0) is 12.4. The second kappa shape index (κ2) is 4.65. The van der Waals surface area contributed by atoms with Gasteiger partial charge in [-0.05, 0) is 11.8 Å². The molecule has 0 aromatic heterocycles. The predicted molar refractivity (Wildman–Crippen MR) is 61.3 cm³/mol. The maximum absolute atomic E-state index is 11.6. The molecule has 1 rings (SSSR count). The Morgan fingerprint density at radius 1 is 1.44 bits per heavy atom. The van der Waals surface area contributed by atoms with Crippen LogP contribution in [0.25, 0.3) is 0 Å². The van der Waals surface area contributed by atoms with Gasteiger partial charge in [0.15, 0.2) is 0 Å². The van der Waals surface area contributed by atoms with Gasteiger partial charge in [0.25, 0.3) is 0 Å². The third kappa shape index (κ3) is 3.14. The van der Waals surface area contributed by atoms with Crippen LogP contribution in [-0.4, -0.2) is 43.7 Å². The molecule has 0 saturated carbocycles. The Hall–Kier alpha value is -0.710. The molecule has 0 amide bonds. The zero-order valence-corrected chi connectivity index (χ0v) is 10.7. The first-order chi connectivity index (χ1) is 7.27. The minimum absolute atomic E-state index is 0.203. The van der Waals surface area contributed by atoms with Crippen molar-refractivity contribution < 1.29 is 13.2 Å². The van der Waals surface area contributed by atoms with E-state index in [1.54, 1.807) is 0 Å². The maximum atomic E-state index is 11.6. The molecule has 0 aromatic rings. The molecular formula is C10H18N2O3S. The van der Waals surface area contributed by atoms with Crippen molar-refractivity contribution in [2.75, 3.05) is 18.8 Å². The lowest BCUT2D eigenvalue weighted by atomic mass is 9.87. The SMILES string of the molecule is CC(C)(C)[C@@H](CN1CCCS1(=O)=O)N=C=O. The monoisotopic (exact) mass is 246 g/mol. The summed E-state index contributed by atoms with van der Waals surface area (Å²) in [5.41, 5.74) is -0.241. The van der Waals surface area contributed by atoms with Gasteiger partial charge in [0.2, 0.25) is 16.1 Å². The van der Waals surface area contributed by atoms with E-state index < -0.39 is 10.0 Å². The molecule has 16 heavy (non-hydrogen) atoms. The summed E-state index contributed by atoms with van der Waals surface area (Å²) >= 11 is 0. The van der Waals surface area contributed by atoms with Crippen LogP contribution in [0.15, 0.2) is 4.99 Å². The average Bonchev–Trinajstić information content (AvgIpc) is 2.43. The predicted octanol–water partition coefficient (Wildman–Crippen LogP) is 0.772. The first kappa shape index (κ1) is 13.4. The van der Waals surface area contributed by atoms with Gasteiger partial charge in [-0.1, -0.05) is 20.8 Å². The van der Waals surface area contributed by atoms with Gasteiger partial charge in [-0.3, -0.25) is 0 Å². The number of rotatable bonds is 3. The van der Waals surface area contributed by atoms with E-state index in [0.29, 0.717) is 13.0 Å². The molecule has 1 heterocycles. The van der Waals surface area contributed by atoms with Gasteiger partial charge in [-0.25, -0.2) is 18.2 Å². The molecule has 1 atom stereocenters. The minimum atomic E-state index is -3.12. The highest BCUT2D eigenvalue weighted by Gasteiger charge is 2.34. The molecule has 0 N–H and O–H groups in total. The van der Waals surface area contributed by atoms with Gasteiger partial charge in [0.05, 0.1) is 11.8 Å². The van der Waals surface area contributed by atoms with Crippen molar-refractivity contribution in [3.8, 4) is 0 Å². The molecular weight excluding hydrogens is 228 g/mol. The van der Waals surface area contributed by atoms with Crippen molar-refractivity contribution >= 4 is 16.1 Å². The molecule has 0 aromatic carbocycles. The van der Waals surface area contributed by atoms with Crippen LogP contribution >= 0.6 is 0 Å². The van der Waals surface area contributed by atoms with Crippen LogP contribution < -0.4 is 0 Å². The quantitative estimate of drug-likeness (QED) is 0.545. The number of isocyanates is 1. The Balaban J connectivity index is 2.81. The van der Waals surface area contributed by atoms with E-state index in [-0.39, 0.29) is 23.8 Å². The van der Waals surface area contributed by atoms with Crippen molar-refractivity contribution in [3.63, 3.8) is 0 Å². The van der Waals surface area contributed by atoms with Crippen LogP contribution in [0, 0.1) is 5.41 Å². The zero-order valence-electron chi connectivity index (χ0n) is 9.93. The molecule has 0 aliphatic carbocycles. The van der Waals surface area contributed by atoms with E-state index in [0.717, 1.165) is 0 Å². The minimum Gasteiger partial charge on any atom is -0.212 e. The molecule has 1 aliphatic rings. The van der Waals surface area contributed by atoms with Gasteiger partial charge in [0.1, 0.15) is 0 Å². The Morgan fingerprint density at radius 2 is 2.06 bits per heavy atom. The Kier molecular flexibility index (Phi) is 3.88. The standard InChI is InChI=1S/C10H18N2O3S/c1-10(2,3)9(11-8-13)7-12-5-4-6-16(12,14)15/h9H,4-7H2,1-3H3/t9-/m1/s1. The fraction of sp³-hybridized carbons (Fsp3) is 0.900. The third-order valence-corrected chi connectivity index (χ3v) is 4.71. The molecule has 6 heteroatoms. The molecule has 5 nitrogen and oxygen atoms in total. The van der Waals surface area contributed by atoms with E-state index >= 15 is 0 Å². The van der Waals surface area contributed by atoms with Crippen LogP contribution in [0.2, 0.25) is 0 Å². The number of hydrogen-bond acceptors (Lipinski definition) is 4. The van der Waals surface area contributed by atoms with E-state index in [4.69, 9.17) is 0 Å². The summed E-state index contributed by atoms with van der Waals surface area (Å²) in [4.78, 5) is 14.1. The smallest absolute Gasteiger partial charge is 0.212 e. The highest BCUT2D eigenvalue weighted by Crippen LogP contribution is 2.25. The van der Waals surface area contributed by atoms with Crippen molar-refractivity contribution in [1.82, 2.24) is 4.31 Å². The summed E-state index contributed by atoms with van der Waals surface area (Å²) in [7, 11) is -3.12. The molecule has 0 bridgehead atoms. The molecule has 0 radical (unpaired) electrons. The number of carbonyl (C=O) groups excluding carboxylic acids is 1. The fourth-order valence-electron chi connectivity index (χ4n) is 1.66. The summed E-state index contributed by atoms with van der Waals surface area (Å²) in [6, 6.07) is -0.335. The largest absolute Gasteiger partial charge is 0.235 e. The summed E-state index contributed by atoms with van der Waals surface area (Å²) in [6.07, 6.45) is 2.19. The van der Waals surface area contributed by atoms with Gasteiger partial charge in [0, 0.05) is 13.1 Å². The van der Waals surface area contributed by atoms with Crippen LogP contribution in [0.3, 0.4) is 0 Å². The summed E-state index contributed by atoms with van der Waals surface area (Å²) in [5.74, 6) is 0.203. The molecule has 1 saturated heterocycles. The lowest BCUT2D eigenvalue weighted by molar-refractivity contribution is 0.272. The highest BCUT2D eigenvalue weighted by molar-refractivity contribution is 7.89. The average molecular weight is 246 g/mol. The van der Waals surface area contributed by atoms with Crippen LogP contribution in [0.5, 0.6) is 0 Å². The third-order valence-electron chi connectivity index (χ3n) is 2.79. The second-order valence-electron chi connectivity index (χ2n) is 5.13. The van der Waals surface area contributed by atoms with Crippen molar-refractivity contribution in [2.24, 2.45) is 10.4 Å². The Morgan fingerprint density at radius 3 is 2.44 bits per heavy atom. The number of nitrogens with zero attached hydrogens (tertiary/aromatic N) is 2. The summed E-state index contributed by atoms with van der Waals surface area (Å²) < 4.78 is 24.6. The molecule has 1 fully saturated rings. The van der Waals surface area contributed by atoms with E-state index in [9.17, 15) is 13.2 Å². The number of sulfonamides is 1. The van der Waals surface area contributed by atoms with Crippen molar-refractivity contribution in [3.05, 3.63) is 0 Å². The first-order valence-corrected chi connectivity index (χ1v) is 6.93. The van der Waals surface area contributed by atoms with E-state index in [1.807, 2.05) is 20.8 Å². The van der Waals surface area contributed by atoms with Gasteiger partial charge >= 0.3 is 0 Å². The van der Waals surface area contributed by atoms with Gasteiger partial charge in [-0.2, -0.15) is 4.31 Å². The fourth-order valence-corrected chi connectivity index (χ4v) is 3.19. The van der Waals surface area contributed by atoms with E-state index in [2.05, 4.69) is 4.99 Å². The summed E-state index contributed by atoms with van der Waals surface area (Å²) in [6.45, 7) is 6.61. The van der Waals surface area contributed by atoms with Crippen molar-refractivity contribution in [1.29, 1.82) is 0 Å². The Labute approximate surface area is 96.6 Å². The number of aliphatic imine (C=N–C) groups is 1. The van der Waals surface area contributed by atoms with Crippen LogP contribution in [-0.2, 0) is 14.8 Å². The van der Waals surface area contributed by atoms with Crippen molar-refractivity contribution in [2.45, 2.75) is 33.2 Å². The molecule has 0 spiro atoms. The second-order valence-corrected chi connectivity index (χ2v) is 7.22. The Bertz CT molecular complexity index is 391. The maximum Gasteiger partial charge on any atom is 0.235 e. The van der Waals surface area contributed by atoms with Gasteiger partial charge in [-0.15, -0.1) is 0 Å². The van der Waals surface area contributed by atoms with E-state index in [1.165, 1.54) is 10.4 Å². The van der Waals surface area contributed by atoms with Crippen LogP contribution in [0.1, 0.15) is 27.2 Å². The highest BCUT2D eigenvalue weighted by atomic mass is 32.2. The molecule has 92 valence electrons. The van der Waals surface area contributed by atoms with Gasteiger partial charge < -0.3 is 0 Å². The normalized spacial score (nSPS) is 22.7. The first-order valence-electron chi connectivity index (χ1n) is 5.32. The molecule has 0 unspecified atom stereocenters. The lowest BCUT2D eigenvalue weighted by Gasteiger charge is -2.29. The topological polar surface area (TPSA) is 66.8 Å². The summed E-state index contributed by atoms with van der Waals surface area (Å²) in [5, 5.41) is 0. The molecule has 1 aliphatic heterocycles.